The van der Waals surface area contributed by atoms with Crippen LogP contribution in [0, 0.1) is 5.82 Å². The monoisotopic (exact) mass is 317 g/mol. The summed E-state index contributed by atoms with van der Waals surface area (Å²) in [4.78, 5) is 10.2. The number of carboxylic acids is 1. The number of nitrogens with one attached hydrogen (secondary N) is 1. The van der Waals surface area contributed by atoms with E-state index in [0.717, 1.165) is 24.6 Å². The van der Waals surface area contributed by atoms with Crippen molar-refractivity contribution in [2.75, 3.05) is 13.2 Å². The molecule has 0 saturated carbocycles. The van der Waals surface area contributed by atoms with Gasteiger partial charge in [-0.05, 0) is 38.0 Å². The summed E-state index contributed by atoms with van der Waals surface area (Å²) in [5.74, 6) is -2.32. The van der Waals surface area contributed by atoms with Gasteiger partial charge in [0.05, 0.1) is 11.2 Å². The van der Waals surface area contributed by atoms with E-state index in [1.165, 1.54) is 0 Å². The molecule has 1 aliphatic rings. The largest absolute Gasteiger partial charge is 0.478 e. The SMILES string of the molecule is CC1(CNS(=O)(=O)c2cc(C(=O)O)ccc2F)CCCO1. The molecule has 2 rings (SSSR count). The van der Waals surface area contributed by atoms with Gasteiger partial charge in [0.25, 0.3) is 0 Å². The van der Waals surface area contributed by atoms with Gasteiger partial charge in [-0.3, -0.25) is 0 Å². The number of ether oxygens (including phenoxy) is 1. The first-order valence-corrected chi connectivity index (χ1v) is 7.88. The van der Waals surface area contributed by atoms with Crippen LogP contribution < -0.4 is 4.72 Å². The molecule has 21 heavy (non-hydrogen) atoms. The average molecular weight is 317 g/mol. The fourth-order valence-electron chi connectivity index (χ4n) is 2.14. The quantitative estimate of drug-likeness (QED) is 0.855. The van der Waals surface area contributed by atoms with E-state index in [2.05, 4.69) is 4.72 Å². The van der Waals surface area contributed by atoms with Gasteiger partial charge in [0.1, 0.15) is 10.7 Å². The van der Waals surface area contributed by atoms with Crippen molar-refractivity contribution in [3.63, 3.8) is 0 Å². The third-order valence-corrected chi connectivity index (χ3v) is 4.82. The number of halogens is 1. The van der Waals surface area contributed by atoms with Crippen molar-refractivity contribution in [1.29, 1.82) is 0 Å². The van der Waals surface area contributed by atoms with E-state index in [4.69, 9.17) is 9.84 Å². The van der Waals surface area contributed by atoms with Crippen LogP contribution in [-0.2, 0) is 14.8 Å². The molecule has 0 aromatic heterocycles. The highest BCUT2D eigenvalue weighted by molar-refractivity contribution is 7.89. The number of aromatic carboxylic acids is 1. The van der Waals surface area contributed by atoms with Crippen LogP contribution in [0.5, 0.6) is 0 Å². The zero-order chi connectivity index (χ0) is 15.7. The van der Waals surface area contributed by atoms with Crippen molar-refractivity contribution in [3.05, 3.63) is 29.6 Å². The molecule has 1 fully saturated rings. The van der Waals surface area contributed by atoms with Crippen LogP contribution in [0.15, 0.2) is 23.1 Å². The topological polar surface area (TPSA) is 92.7 Å². The van der Waals surface area contributed by atoms with Gasteiger partial charge < -0.3 is 9.84 Å². The Hall–Kier alpha value is -1.51. The Morgan fingerprint density at radius 1 is 1.52 bits per heavy atom. The van der Waals surface area contributed by atoms with Gasteiger partial charge in [0.2, 0.25) is 10.0 Å². The van der Waals surface area contributed by atoms with E-state index in [1.807, 2.05) is 0 Å². The molecule has 1 aromatic carbocycles. The number of carbonyl (C=O) groups is 1. The average Bonchev–Trinajstić information content (AvgIpc) is 2.84. The Morgan fingerprint density at radius 2 is 2.24 bits per heavy atom. The highest BCUT2D eigenvalue weighted by atomic mass is 32.2. The minimum absolute atomic E-state index is 0.00602. The third kappa shape index (κ3) is 3.58. The molecule has 1 saturated heterocycles. The molecule has 1 aromatic rings. The summed E-state index contributed by atoms with van der Waals surface area (Å²) < 4.78 is 45.7. The minimum atomic E-state index is -4.14. The number of benzene rings is 1. The summed E-state index contributed by atoms with van der Waals surface area (Å²) in [5, 5.41) is 8.85. The lowest BCUT2D eigenvalue weighted by Crippen LogP contribution is -2.40. The standard InChI is InChI=1S/C13H16FNO5S/c1-13(5-2-6-20-13)8-15-21(18,19)11-7-9(12(16)17)3-4-10(11)14/h3-4,7,15H,2,5-6,8H2,1H3,(H,16,17). The van der Waals surface area contributed by atoms with Crippen LogP contribution in [0.25, 0.3) is 0 Å². The maximum atomic E-state index is 13.7. The molecule has 1 aliphatic heterocycles. The van der Waals surface area contributed by atoms with E-state index in [9.17, 15) is 17.6 Å². The van der Waals surface area contributed by atoms with Crippen LogP contribution in [0.2, 0.25) is 0 Å². The molecule has 1 atom stereocenters. The highest BCUT2D eigenvalue weighted by Gasteiger charge is 2.32. The maximum Gasteiger partial charge on any atom is 0.335 e. The lowest BCUT2D eigenvalue weighted by atomic mass is 10.0. The number of hydrogen-bond donors (Lipinski definition) is 2. The van der Waals surface area contributed by atoms with Gasteiger partial charge in [0.15, 0.2) is 0 Å². The number of carboxylic acid groups (broad SMARTS) is 1. The van der Waals surface area contributed by atoms with Crippen molar-refractivity contribution in [3.8, 4) is 0 Å². The van der Waals surface area contributed by atoms with Gasteiger partial charge in [-0.1, -0.05) is 0 Å². The summed E-state index contributed by atoms with van der Waals surface area (Å²) in [6.07, 6.45) is 1.54. The molecular weight excluding hydrogens is 301 g/mol. The smallest absolute Gasteiger partial charge is 0.335 e. The van der Waals surface area contributed by atoms with Gasteiger partial charge in [-0.2, -0.15) is 0 Å². The lowest BCUT2D eigenvalue weighted by Gasteiger charge is -2.23. The highest BCUT2D eigenvalue weighted by Crippen LogP contribution is 2.25. The molecule has 0 aliphatic carbocycles. The van der Waals surface area contributed by atoms with Crippen LogP contribution >= 0.6 is 0 Å². The molecule has 6 nitrogen and oxygen atoms in total. The maximum absolute atomic E-state index is 13.7. The van der Waals surface area contributed by atoms with Gasteiger partial charge in [-0.25, -0.2) is 22.3 Å². The van der Waals surface area contributed by atoms with Crippen LogP contribution in [-0.4, -0.2) is 38.2 Å². The Kier molecular flexibility index (Phi) is 4.31. The predicted molar refractivity (Wildman–Crippen MR) is 72.1 cm³/mol. The second-order valence-electron chi connectivity index (χ2n) is 5.18. The van der Waals surface area contributed by atoms with Crippen molar-refractivity contribution in [2.24, 2.45) is 0 Å². The first-order valence-electron chi connectivity index (χ1n) is 6.40. The molecule has 8 heteroatoms. The molecule has 116 valence electrons. The Bertz CT molecular complexity index is 653. The van der Waals surface area contributed by atoms with E-state index >= 15 is 0 Å². The Morgan fingerprint density at radius 3 is 2.81 bits per heavy atom. The molecule has 0 amide bonds. The van der Waals surface area contributed by atoms with Gasteiger partial charge in [0, 0.05) is 13.2 Å². The predicted octanol–water partition coefficient (Wildman–Crippen LogP) is 1.37. The molecule has 2 N–H and O–H groups in total. The minimum Gasteiger partial charge on any atom is -0.478 e. The summed E-state index contributed by atoms with van der Waals surface area (Å²) in [6.45, 7) is 2.33. The van der Waals surface area contributed by atoms with E-state index < -0.39 is 32.3 Å². The van der Waals surface area contributed by atoms with Crippen molar-refractivity contribution < 1.29 is 27.4 Å². The normalized spacial score (nSPS) is 22.4. The zero-order valence-electron chi connectivity index (χ0n) is 11.4. The third-order valence-electron chi connectivity index (χ3n) is 3.40. The molecule has 1 unspecified atom stereocenters. The van der Waals surface area contributed by atoms with Crippen LogP contribution in [0.3, 0.4) is 0 Å². The molecular formula is C13H16FNO5S. The van der Waals surface area contributed by atoms with Crippen molar-refractivity contribution >= 4 is 16.0 Å². The van der Waals surface area contributed by atoms with Gasteiger partial charge >= 0.3 is 5.97 Å². The fourth-order valence-corrected chi connectivity index (χ4v) is 3.40. The molecule has 1 heterocycles. The van der Waals surface area contributed by atoms with E-state index in [1.54, 1.807) is 6.92 Å². The Balaban J connectivity index is 2.23. The molecule has 0 bridgehead atoms. The zero-order valence-corrected chi connectivity index (χ0v) is 12.2. The number of sulfonamides is 1. The second-order valence-corrected chi connectivity index (χ2v) is 6.91. The van der Waals surface area contributed by atoms with Crippen LogP contribution in [0.4, 0.5) is 4.39 Å². The van der Waals surface area contributed by atoms with Crippen molar-refractivity contribution in [1.82, 2.24) is 4.72 Å². The van der Waals surface area contributed by atoms with Crippen LogP contribution in [0.1, 0.15) is 30.1 Å². The summed E-state index contributed by atoms with van der Waals surface area (Å²) >= 11 is 0. The van der Waals surface area contributed by atoms with E-state index in [-0.39, 0.29) is 12.1 Å². The molecule has 0 spiro atoms. The lowest BCUT2D eigenvalue weighted by molar-refractivity contribution is 0.0250. The number of hydrogen-bond acceptors (Lipinski definition) is 4. The van der Waals surface area contributed by atoms with Crippen molar-refractivity contribution in [2.45, 2.75) is 30.3 Å². The van der Waals surface area contributed by atoms with Gasteiger partial charge in [-0.15, -0.1) is 0 Å². The first-order chi connectivity index (χ1) is 9.73. The van der Waals surface area contributed by atoms with E-state index in [0.29, 0.717) is 13.0 Å². The second kappa shape index (κ2) is 5.70. The molecule has 0 radical (unpaired) electrons. The Labute approximate surface area is 122 Å². The summed E-state index contributed by atoms with van der Waals surface area (Å²) in [7, 11) is -4.14. The first kappa shape index (κ1) is 15.9. The number of rotatable bonds is 5. The fraction of sp³-hybridized carbons (Fsp3) is 0.462. The summed E-state index contributed by atoms with van der Waals surface area (Å²) in [6, 6.07) is 2.64. The summed E-state index contributed by atoms with van der Waals surface area (Å²) in [5.41, 5.74) is -0.909.